The van der Waals surface area contributed by atoms with Gasteiger partial charge in [-0.2, -0.15) is 0 Å². The molecule has 11 heteroatoms. The van der Waals surface area contributed by atoms with Crippen LogP contribution in [0, 0.1) is 17.6 Å². The highest BCUT2D eigenvalue weighted by atomic mass is 31.1. The summed E-state index contributed by atoms with van der Waals surface area (Å²) in [6.07, 6.45) is 1.63. The van der Waals surface area contributed by atoms with E-state index < -0.39 is 42.9 Å². The number of aromatic hydroxyl groups is 1. The molecule has 0 bridgehead atoms. The van der Waals surface area contributed by atoms with Crippen molar-refractivity contribution in [3.63, 3.8) is 0 Å². The van der Waals surface area contributed by atoms with Crippen molar-refractivity contribution in [3.05, 3.63) is 63.1 Å². The van der Waals surface area contributed by atoms with Crippen LogP contribution in [0.1, 0.15) is 47.2 Å². The van der Waals surface area contributed by atoms with E-state index in [-0.39, 0.29) is 29.4 Å². The summed E-state index contributed by atoms with van der Waals surface area (Å²) >= 11 is 0. The van der Waals surface area contributed by atoms with Gasteiger partial charge in [0.15, 0.2) is 11.4 Å². The summed E-state index contributed by atoms with van der Waals surface area (Å²) in [5.41, 5.74) is -1.40. The van der Waals surface area contributed by atoms with E-state index in [4.69, 9.17) is 0 Å². The molecule has 2 aliphatic rings. The highest BCUT2D eigenvalue weighted by Crippen LogP contribution is 2.55. The zero-order valence-electron chi connectivity index (χ0n) is 18.5. The Bertz CT molecular complexity index is 1190. The van der Waals surface area contributed by atoms with E-state index in [9.17, 15) is 28.3 Å². The van der Waals surface area contributed by atoms with E-state index in [0.29, 0.717) is 24.8 Å². The average molecular weight is 478 g/mol. The number of rotatable bonds is 5. The summed E-state index contributed by atoms with van der Waals surface area (Å²) in [7, 11) is -1.04. The Hall–Kier alpha value is -2.84. The topological polar surface area (TPSA) is 94.9 Å². The maximum atomic E-state index is 13.9. The number of carbonyl (C=O) groups is 2. The van der Waals surface area contributed by atoms with Crippen molar-refractivity contribution in [1.82, 2.24) is 19.2 Å². The standard InChI is InChI=1S/C22H25F2N4O4P/c1-12(2)8-27-13(3)9-28-22(32)18-20(30)19(29)16(10-26(18)11-33(27)28)21(31)25-7-14-4-5-15(23)6-17(14)24/h4-6,10,12-13,30H,7-9,11H2,1-3H3,(H,25,31)/t13-,33?/m0/s1. The first-order chi connectivity index (χ1) is 15.6. The number of benzene rings is 1. The SMILES string of the molecule is CC(C)CN1[C@@H](C)CN2C(=O)c3c(O)c(=O)c(C(=O)NCc4ccc(F)cc4F)cn3CP21. The number of nitrogens with zero attached hydrogens (tertiary/aromatic N) is 3. The predicted molar refractivity (Wildman–Crippen MR) is 119 cm³/mol. The van der Waals surface area contributed by atoms with Crippen LogP contribution in [0.25, 0.3) is 0 Å². The Kier molecular flexibility index (Phi) is 6.24. The van der Waals surface area contributed by atoms with Crippen LogP contribution in [0.15, 0.2) is 29.2 Å². The normalized spacial score (nSPS) is 20.2. The first kappa shape index (κ1) is 23.3. The molecule has 1 unspecified atom stereocenters. The van der Waals surface area contributed by atoms with E-state index >= 15 is 0 Å². The minimum Gasteiger partial charge on any atom is -0.503 e. The average Bonchev–Trinajstić information content (AvgIpc) is 3.05. The largest absolute Gasteiger partial charge is 0.503 e. The van der Waals surface area contributed by atoms with Crippen molar-refractivity contribution >= 4 is 20.0 Å². The molecule has 1 aromatic heterocycles. The van der Waals surface area contributed by atoms with E-state index in [1.807, 2.05) is 6.92 Å². The molecular formula is C22H25F2N4O4P. The fraction of sp³-hybridized carbons (Fsp3) is 0.409. The first-order valence-electron chi connectivity index (χ1n) is 10.6. The summed E-state index contributed by atoms with van der Waals surface area (Å²) in [5, 5.41) is 13.0. The van der Waals surface area contributed by atoms with Crippen LogP contribution in [0.3, 0.4) is 0 Å². The number of pyridine rings is 1. The molecule has 0 radical (unpaired) electrons. The molecule has 2 aliphatic heterocycles. The van der Waals surface area contributed by atoms with Crippen molar-refractivity contribution in [2.24, 2.45) is 5.92 Å². The lowest BCUT2D eigenvalue weighted by Crippen LogP contribution is -2.37. The van der Waals surface area contributed by atoms with Crippen LogP contribution in [-0.2, 0) is 12.8 Å². The third kappa shape index (κ3) is 4.25. The van der Waals surface area contributed by atoms with Crippen LogP contribution < -0.4 is 10.7 Å². The van der Waals surface area contributed by atoms with Crippen LogP contribution in [0.2, 0.25) is 0 Å². The Morgan fingerprint density at radius 1 is 1.30 bits per heavy atom. The minimum atomic E-state index is -1.04. The number of amides is 2. The molecule has 2 atom stereocenters. The molecule has 4 rings (SSSR count). The number of carbonyl (C=O) groups excluding carboxylic acids is 2. The van der Waals surface area contributed by atoms with Crippen LogP contribution >= 0.6 is 8.22 Å². The molecule has 1 saturated heterocycles. The van der Waals surface area contributed by atoms with Crippen LogP contribution in [0.5, 0.6) is 5.75 Å². The highest BCUT2D eigenvalue weighted by Gasteiger charge is 2.45. The van der Waals surface area contributed by atoms with Crippen LogP contribution in [0.4, 0.5) is 8.78 Å². The molecule has 176 valence electrons. The van der Waals surface area contributed by atoms with Crippen molar-refractivity contribution in [1.29, 1.82) is 0 Å². The maximum Gasteiger partial charge on any atom is 0.278 e. The van der Waals surface area contributed by atoms with Crippen molar-refractivity contribution in [2.75, 3.05) is 13.1 Å². The third-order valence-electron chi connectivity index (χ3n) is 5.74. The van der Waals surface area contributed by atoms with Gasteiger partial charge in [-0.15, -0.1) is 0 Å². The van der Waals surface area contributed by atoms with Gasteiger partial charge in [-0.3, -0.25) is 19.1 Å². The van der Waals surface area contributed by atoms with Gasteiger partial charge in [0, 0.05) is 43.5 Å². The van der Waals surface area contributed by atoms with Crippen molar-refractivity contribution in [2.45, 2.75) is 39.6 Å². The quantitative estimate of drug-likeness (QED) is 0.645. The Morgan fingerprint density at radius 2 is 2.03 bits per heavy atom. The molecule has 1 aromatic carbocycles. The lowest BCUT2D eigenvalue weighted by atomic mass is 10.1. The summed E-state index contributed by atoms with van der Waals surface area (Å²) < 4.78 is 32.4. The Labute approximate surface area is 190 Å². The second kappa shape index (κ2) is 8.83. The molecule has 8 nitrogen and oxygen atoms in total. The van der Waals surface area contributed by atoms with Gasteiger partial charge in [-0.25, -0.2) is 8.78 Å². The Morgan fingerprint density at radius 3 is 2.70 bits per heavy atom. The van der Waals surface area contributed by atoms with Crippen molar-refractivity contribution < 1.29 is 23.5 Å². The molecule has 0 saturated carbocycles. The summed E-state index contributed by atoms with van der Waals surface area (Å²) in [6, 6.07) is 3.10. The lowest BCUT2D eigenvalue weighted by molar-refractivity contribution is 0.0845. The molecule has 2 N–H and O–H groups in total. The molecule has 2 aromatic rings. The Balaban J connectivity index is 1.62. The molecule has 0 spiro atoms. The monoisotopic (exact) mass is 478 g/mol. The first-order valence-corrected chi connectivity index (χ1v) is 12.1. The molecule has 33 heavy (non-hydrogen) atoms. The van der Waals surface area contributed by atoms with Gasteiger partial charge in [0.05, 0.1) is 14.5 Å². The van der Waals surface area contributed by atoms with Gasteiger partial charge in [0.1, 0.15) is 17.2 Å². The zero-order valence-corrected chi connectivity index (χ0v) is 19.4. The summed E-state index contributed by atoms with van der Waals surface area (Å²) in [6.45, 7) is 7.27. The fourth-order valence-electron chi connectivity index (χ4n) is 4.14. The molecule has 3 heterocycles. The van der Waals surface area contributed by atoms with Gasteiger partial charge in [-0.05, 0) is 18.9 Å². The smallest absolute Gasteiger partial charge is 0.278 e. The van der Waals surface area contributed by atoms with Crippen molar-refractivity contribution in [3.8, 4) is 5.75 Å². The summed E-state index contributed by atoms with van der Waals surface area (Å²) in [5.74, 6) is -3.20. The van der Waals surface area contributed by atoms with Gasteiger partial charge in [-0.1, -0.05) is 19.9 Å². The van der Waals surface area contributed by atoms with Gasteiger partial charge < -0.3 is 19.7 Å². The number of nitrogens with one attached hydrogen (secondary N) is 1. The van der Waals surface area contributed by atoms with Gasteiger partial charge in [0.25, 0.3) is 11.8 Å². The highest BCUT2D eigenvalue weighted by molar-refractivity contribution is 7.52. The predicted octanol–water partition coefficient (Wildman–Crippen LogP) is 2.85. The van der Waals surface area contributed by atoms with E-state index in [1.54, 1.807) is 4.67 Å². The molecule has 2 amide bonds. The van der Waals surface area contributed by atoms with E-state index in [1.165, 1.54) is 16.8 Å². The summed E-state index contributed by atoms with van der Waals surface area (Å²) in [4.78, 5) is 38.5. The number of halogens is 2. The zero-order chi connectivity index (χ0) is 24.0. The van der Waals surface area contributed by atoms with Gasteiger partial charge in [0.2, 0.25) is 5.43 Å². The van der Waals surface area contributed by atoms with E-state index in [2.05, 4.69) is 23.8 Å². The molecule has 0 aliphatic carbocycles. The fourth-order valence-corrected chi connectivity index (χ4v) is 7.00. The number of hydrogen-bond acceptors (Lipinski definition) is 5. The number of aromatic nitrogens is 1. The van der Waals surface area contributed by atoms with Gasteiger partial charge >= 0.3 is 0 Å². The number of hydrogen-bond donors (Lipinski definition) is 2. The lowest BCUT2D eigenvalue weighted by Gasteiger charge is -2.36. The second-order valence-corrected chi connectivity index (χ2v) is 10.7. The van der Waals surface area contributed by atoms with E-state index in [0.717, 1.165) is 12.6 Å². The molecule has 1 fully saturated rings. The maximum absolute atomic E-state index is 13.9. The molecular weight excluding hydrogens is 453 g/mol. The number of fused-ring (bicyclic) bond motifs is 2. The second-order valence-electron chi connectivity index (χ2n) is 8.72. The minimum absolute atomic E-state index is 0.0468. The third-order valence-corrected chi connectivity index (χ3v) is 8.36. The van der Waals surface area contributed by atoms with Crippen LogP contribution in [-0.4, -0.2) is 50.0 Å².